The van der Waals surface area contributed by atoms with Crippen LogP contribution in [0, 0.1) is 0 Å². The number of urea groups is 1. The molecule has 1 rings (SSSR count). The van der Waals surface area contributed by atoms with Crippen LogP contribution in [0.2, 0.25) is 0 Å². The van der Waals surface area contributed by atoms with Crippen molar-refractivity contribution in [1.82, 2.24) is 9.80 Å². The van der Waals surface area contributed by atoms with Gasteiger partial charge in [0.05, 0.1) is 18.8 Å². The average Bonchev–Trinajstić information content (AvgIpc) is 2.63. The maximum atomic E-state index is 12.1. The molecule has 0 aromatic heterocycles. The molecule has 1 aliphatic rings. The summed E-state index contributed by atoms with van der Waals surface area (Å²) in [5, 5.41) is 18.6. The van der Waals surface area contributed by atoms with Crippen molar-refractivity contribution in [3.8, 4) is 0 Å². The van der Waals surface area contributed by atoms with E-state index in [0.717, 1.165) is 0 Å². The van der Waals surface area contributed by atoms with Crippen molar-refractivity contribution in [2.45, 2.75) is 18.9 Å². The van der Waals surface area contributed by atoms with Crippen molar-refractivity contribution < 1.29 is 24.5 Å². The Morgan fingerprint density at radius 2 is 2.17 bits per heavy atom. The van der Waals surface area contributed by atoms with E-state index >= 15 is 0 Å². The van der Waals surface area contributed by atoms with Crippen molar-refractivity contribution in [2.24, 2.45) is 0 Å². The minimum absolute atomic E-state index is 0.222. The molecule has 2 amide bonds. The lowest BCUT2D eigenvalue weighted by Gasteiger charge is -2.27. The quantitative estimate of drug-likeness (QED) is 0.701. The number of likely N-dealkylation sites (tertiary alicyclic amines) is 1. The summed E-state index contributed by atoms with van der Waals surface area (Å²) in [7, 11) is 1.49. The lowest BCUT2D eigenvalue weighted by Crippen LogP contribution is -2.46. The van der Waals surface area contributed by atoms with Gasteiger partial charge in [0, 0.05) is 20.2 Å². The molecule has 1 aliphatic heterocycles. The van der Waals surface area contributed by atoms with Crippen molar-refractivity contribution in [1.29, 1.82) is 0 Å². The number of methoxy groups -OCH3 is 1. The maximum Gasteiger partial charge on any atom is 0.323 e. The fraction of sp³-hybridized carbons (Fsp3) is 0.818. The number of carbonyl (C=O) groups is 2. The van der Waals surface area contributed by atoms with E-state index in [2.05, 4.69) is 0 Å². The first kappa shape index (κ1) is 14.7. The number of carboxylic acids is 1. The average molecular weight is 260 g/mol. The van der Waals surface area contributed by atoms with Crippen molar-refractivity contribution in [2.75, 3.05) is 39.9 Å². The highest BCUT2D eigenvalue weighted by Crippen LogP contribution is 2.21. The highest BCUT2D eigenvalue weighted by atomic mass is 16.5. The zero-order chi connectivity index (χ0) is 13.8. The molecule has 0 saturated carbocycles. The Morgan fingerprint density at radius 1 is 1.50 bits per heavy atom. The van der Waals surface area contributed by atoms with Crippen molar-refractivity contribution in [3.63, 3.8) is 0 Å². The number of hydrogen-bond acceptors (Lipinski definition) is 4. The van der Waals surface area contributed by atoms with E-state index in [1.165, 1.54) is 16.9 Å². The van der Waals surface area contributed by atoms with E-state index in [0.29, 0.717) is 13.0 Å². The van der Waals surface area contributed by atoms with Gasteiger partial charge < -0.3 is 24.7 Å². The molecule has 1 unspecified atom stereocenters. The highest BCUT2D eigenvalue weighted by Gasteiger charge is 2.36. The summed E-state index contributed by atoms with van der Waals surface area (Å²) in [6.45, 7) is 2.48. The van der Waals surface area contributed by atoms with Gasteiger partial charge in [-0.3, -0.25) is 4.79 Å². The molecule has 0 spiro atoms. The van der Waals surface area contributed by atoms with E-state index in [1.54, 1.807) is 6.92 Å². The molecule has 0 aliphatic carbocycles. The molecule has 1 heterocycles. The van der Waals surface area contributed by atoms with Gasteiger partial charge in [0.15, 0.2) is 0 Å². The summed E-state index contributed by atoms with van der Waals surface area (Å²) < 4.78 is 4.85. The third-order valence-corrected chi connectivity index (χ3v) is 2.88. The first-order valence-electron chi connectivity index (χ1n) is 5.83. The second-order valence-corrected chi connectivity index (χ2v) is 4.76. The summed E-state index contributed by atoms with van der Waals surface area (Å²) in [6, 6.07) is -0.368. The number of aliphatic carboxylic acids is 1. The van der Waals surface area contributed by atoms with Gasteiger partial charge in [-0.15, -0.1) is 0 Å². The molecule has 7 heteroatoms. The number of rotatable bonds is 5. The normalized spacial score (nSPS) is 23.2. The van der Waals surface area contributed by atoms with Crippen LogP contribution < -0.4 is 0 Å². The molecule has 0 aromatic carbocycles. The van der Waals surface area contributed by atoms with Gasteiger partial charge in [-0.05, 0) is 13.3 Å². The maximum absolute atomic E-state index is 12.1. The van der Waals surface area contributed by atoms with Gasteiger partial charge in [-0.25, -0.2) is 4.79 Å². The van der Waals surface area contributed by atoms with Crippen LogP contribution in [0.5, 0.6) is 0 Å². The van der Waals surface area contributed by atoms with Crippen LogP contribution in [0.1, 0.15) is 13.3 Å². The molecular formula is C11H20N2O5. The van der Waals surface area contributed by atoms with Gasteiger partial charge in [-0.2, -0.15) is 0 Å². The summed E-state index contributed by atoms with van der Waals surface area (Å²) in [5.74, 6) is -1.06. The number of β-amino-alcohol motifs (C(OH)–C–C–N with tert-alkyl or cyclic N) is 1. The van der Waals surface area contributed by atoms with Gasteiger partial charge >= 0.3 is 12.0 Å². The van der Waals surface area contributed by atoms with Crippen LogP contribution in [0.4, 0.5) is 4.79 Å². The van der Waals surface area contributed by atoms with E-state index in [9.17, 15) is 14.7 Å². The molecular weight excluding hydrogens is 240 g/mol. The largest absolute Gasteiger partial charge is 0.480 e. The Hall–Kier alpha value is -1.34. The van der Waals surface area contributed by atoms with Gasteiger partial charge in [0.25, 0.3) is 0 Å². The number of carboxylic acid groups (broad SMARTS) is 1. The van der Waals surface area contributed by atoms with Crippen LogP contribution in [-0.4, -0.2) is 77.5 Å². The van der Waals surface area contributed by atoms with Crippen LogP contribution in [0.15, 0.2) is 0 Å². The van der Waals surface area contributed by atoms with Gasteiger partial charge in [0.1, 0.15) is 6.54 Å². The Balaban J connectivity index is 2.61. The van der Waals surface area contributed by atoms with Crippen LogP contribution in [0.3, 0.4) is 0 Å². The Bertz CT molecular complexity index is 319. The second-order valence-electron chi connectivity index (χ2n) is 4.76. The Morgan fingerprint density at radius 3 is 2.61 bits per heavy atom. The van der Waals surface area contributed by atoms with Crippen LogP contribution in [-0.2, 0) is 9.53 Å². The number of carbonyl (C=O) groups excluding carboxylic acids is 1. The molecule has 0 bridgehead atoms. The van der Waals surface area contributed by atoms with Crippen molar-refractivity contribution in [3.05, 3.63) is 0 Å². The highest BCUT2D eigenvalue weighted by molar-refractivity contribution is 5.80. The van der Waals surface area contributed by atoms with Gasteiger partial charge in [0.2, 0.25) is 0 Å². The number of ether oxygens (including phenoxy) is 1. The SMILES string of the molecule is COCCN(CC(=O)O)C(=O)N1CCC(C)(O)C1. The standard InChI is InChI=1S/C11H20N2O5/c1-11(17)3-4-13(8-11)10(16)12(5-6-18-2)7-9(14)15/h17H,3-8H2,1-2H3,(H,14,15). The van der Waals surface area contributed by atoms with E-state index < -0.39 is 11.6 Å². The monoisotopic (exact) mass is 260 g/mol. The Kier molecular flexibility index (Phi) is 4.92. The second kappa shape index (κ2) is 6.01. The lowest BCUT2D eigenvalue weighted by atomic mass is 10.1. The smallest absolute Gasteiger partial charge is 0.323 e. The van der Waals surface area contributed by atoms with Gasteiger partial charge in [-0.1, -0.05) is 0 Å². The Labute approximate surface area is 106 Å². The summed E-state index contributed by atoms with van der Waals surface area (Å²) in [6.07, 6.45) is 0.504. The number of nitrogens with zero attached hydrogens (tertiary/aromatic N) is 2. The number of amides is 2. The third kappa shape index (κ3) is 4.15. The molecule has 1 atom stereocenters. The molecule has 1 saturated heterocycles. The zero-order valence-electron chi connectivity index (χ0n) is 10.8. The molecule has 104 valence electrons. The zero-order valence-corrected chi connectivity index (χ0v) is 10.8. The van der Waals surface area contributed by atoms with E-state index in [-0.39, 0.29) is 32.3 Å². The van der Waals surface area contributed by atoms with E-state index in [4.69, 9.17) is 9.84 Å². The predicted octanol–water partition coefficient (Wildman–Crippen LogP) is -0.404. The summed E-state index contributed by atoms with van der Waals surface area (Å²) >= 11 is 0. The number of aliphatic hydroxyl groups is 1. The van der Waals surface area contributed by atoms with E-state index in [1.807, 2.05) is 0 Å². The molecule has 2 N–H and O–H groups in total. The topological polar surface area (TPSA) is 90.3 Å². The third-order valence-electron chi connectivity index (χ3n) is 2.88. The molecule has 0 radical (unpaired) electrons. The lowest BCUT2D eigenvalue weighted by molar-refractivity contribution is -0.137. The summed E-state index contributed by atoms with van der Waals surface area (Å²) in [5.41, 5.74) is -0.883. The number of hydrogen-bond donors (Lipinski definition) is 2. The molecule has 0 aromatic rings. The minimum Gasteiger partial charge on any atom is -0.480 e. The molecule has 1 fully saturated rings. The predicted molar refractivity (Wildman–Crippen MR) is 63.3 cm³/mol. The minimum atomic E-state index is -1.06. The summed E-state index contributed by atoms with van der Waals surface area (Å²) in [4.78, 5) is 25.5. The molecule has 18 heavy (non-hydrogen) atoms. The fourth-order valence-corrected chi connectivity index (χ4v) is 1.92. The first-order valence-corrected chi connectivity index (χ1v) is 5.83. The van der Waals surface area contributed by atoms with Crippen molar-refractivity contribution >= 4 is 12.0 Å². The molecule has 7 nitrogen and oxygen atoms in total. The van der Waals surface area contributed by atoms with Crippen LogP contribution in [0.25, 0.3) is 0 Å². The first-order chi connectivity index (χ1) is 8.35. The van der Waals surface area contributed by atoms with Crippen LogP contribution >= 0.6 is 0 Å². The fourth-order valence-electron chi connectivity index (χ4n) is 1.92.